The molecule has 2 aliphatic rings. The fourth-order valence-electron chi connectivity index (χ4n) is 4.01. The van der Waals surface area contributed by atoms with Gasteiger partial charge in [0.15, 0.2) is 0 Å². The smallest absolute Gasteiger partial charge is 0.310 e. The van der Waals surface area contributed by atoms with Crippen molar-refractivity contribution in [2.45, 2.75) is 57.9 Å². The molecule has 1 fully saturated rings. The Morgan fingerprint density at radius 2 is 2.10 bits per heavy atom. The van der Waals surface area contributed by atoms with Crippen LogP contribution in [0.5, 0.6) is 0 Å². The zero-order valence-corrected chi connectivity index (χ0v) is 13.6. The molecule has 116 valence electrons. The highest BCUT2D eigenvalue weighted by molar-refractivity contribution is 7.10. The van der Waals surface area contributed by atoms with E-state index in [1.54, 1.807) is 0 Å². The summed E-state index contributed by atoms with van der Waals surface area (Å²) >= 11 is 1.84. The minimum absolute atomic E-state index is 0.361. The van der Waals surface area contributed by atoms with Crippen molar-refractivity contribution >= 4 is 17.3 Å². The van der Waals surface area contributed by atoms with Crippen molar-refractivity contribution in [3.63, 3.8) is 0 Å². The predicted molar refractivity (Wildman–Crippen MR) is 85.8 cm³/mol. The molecule has 0 radical (unpaired) electrons. The van der Waals surface area contributed by atoms with Gasteiger partial charge < -0.3 is 5.11 Å². The lowest BCUT2D eigenvalue weighted by Crippen LogP contribution is -2.46. The number of carbonyl (C=O) groups is 1. The standard InChI is InChI=1S/C17H25NO2S/c1-13-14-7-11-21-15(14)6-10-18(13)12-17(16(19)20)8-4-2-3-5-9-17/h7,11,13H,2-6,8-10,12H2,1H3,(H,19,20). The molecular formula is C17H25NO2S. The van der Waals surface area contributed by atoms with Gasteiger partial charge in [-0.15, -0.1) is 11.3 Å². The highest BCUT2D eigenvalue weighted by Crippen LogP contribution is 2.40. The van der Waals surface area contributed by atoms with Crippen LogP contribution >= 0.6 is 11.3 Å². The average Bonchev–Trinajstić information content (AvgIpc) is 2.81. The van der Waals surface area contributed by atoms with Gasteiger partial charge in [0.2, 0.25) is 0 Å². The number of rotatable bonds is 3. The minimum Gasteiger partial charge on any atom is -0.481 e. The number of fused-ring (bicyclic) bond motifs is 1. The molecule has 21 heavy (non-hydrogen) atoms. The lowest BCUT2D eigenvalue weighted by Gasteiger charge is -2.40. The number of carboxylic acid groups (broad SMARTS) is 1. The molecule has 1 aromatic heterocycles. The Hall–Kier alpha value is -0.870. The van der Waals surface area contributed by atoms with Crippen LogP contribution in [0, 0.1) is 5.41 Å². The molecule has 1 aliphatic heterocycles. The first-order valence-electron chi connectivity index (χ1n) is 8.16. The number of thiophene rings is 1. The predicted octanol–water partition coefficient (Wildman–Crippen LogP) is 4.09. The van der Waals surface area contributed by atoms with Crippen LogP contribution < -0.4 is 0 Å². The number of nitrogens with zero attached hydrogens (tertiary/aromatic N) is 1. The summed E-state index contributed by atoms with van der Waals surface area (Å²) in [5.74, 6) is -0.576. The second-order valence-electron chi connectivity index (χ2n) is 6.70. The first-order chi connectivity index (χ1) is 10.1. The van der Waals surface area contributed by atoms with E-state index in [1.807, 2.05) is 11.3 Å². The summed E-state index contributed by atoms with van der Waals surface area (Å²) in [5, 5.41) is 12.0. The molecule has 0 amide bonds. The second kappa shape index (κ2) is 6.09. The molecule has 0 saturated heterocycles. The van der Waals surface area contributed by atoms with Gasteiger partial charge in [-0.1, -0.05) is 25.7 Å². The van der Waals surface area contributed by atoms with Crippen molar-refractivity contribution in [3.05, 3.63) is 21.9 Å². The summed E-state index contributed by atoms with van der Waals surface area (Å²) < 4.78 is 0. The van der Waals surface area contributed by atoms with Crippen LogP contribution in [0.1, 0.15) is 61.9 Å². The maximum Gasteiger partial charge on any atom is 0.310 e. The molecule has 2 heterocycles. The zero-order valence-electron chi connectivity index (χ0n) is 12.8. The van der Waals surface area contributed by atoms with Gasteiger partial charge in [-0.2, -0.15) is 0 Å². The van der Waals surface area contributed by atoms with E-state index in [9.17, 15) is 9.90 Å². The molecule has 3 nitrogen and oxygen atoms in total. The van der Waals surface area contributed by atoms with Gasteiger partial charge in [-0.3, -0.25) is 9.69 Å². The molecule has 1 saturated carbocycles. The molecular weight excluding hydrogens is 282 g/mol. The third-order valence-electron chi connectivity index (χ3n) is 5.42. The summed E-state index contributed by atoms with van der Waals surface area (Å²) in [4.78, 5) is 15.9. The van der Waals surface area contributed by atoms with E-state index in [2.05, 4.69) is 23.3 Å². The van der Waals surface area contributed by atoms with Gasteiger partial charge in [0.25, 0.3) is 0 Å². The fraction of sp³-hybridized carbons (Fsp3) is 0.706. The van der Waals surface area contributed by atoms with E-state index in [0.717, 1.165) is 45.2 Å². The van der Waals surface area contributed by atoms with Crippen molar-refractivity contribution in [2.24, 2.45) is 5.41 Å². The molecule has 0 aromatic carbocycles. The summed E-state index contributed by atoms with van der Waals surface area (Å²) in [6, 6.07) is 2.58. The first kappa shape index (κ1) is 15.0. The summed E-state index contributed by atoms with van der Waals surface area (Å²) in [6.45, 7) is 3.96. The van der Waals surface area contributed by atoms with Crippen molar-refractivity contribution in [1.82, 2.24) is 4.90 Å². The van der Waals surface area contributed by atoms with Crippen molar-refractivity contribution in [3.8, 4) is 0 Å². The van der Waals surface area contributed by atoms with Gasteiger partial charge >= 0.3 is 5.97 Å². The Morgan fingerprint density at radius 3 is 2.76 bits per heavy atom. The second-order valence-corrected chi connectivity index (χ2v) is 7.70. The van der Waals surface area contributed by atoms with Crippen LogP contribution in [0.3, 0.4) is 0 Å². The van der Waals surface area contributed by atoms with Gasteiger partial charge in [0.05, 0.1) is 5.41 Å². The lowest BCUT2D eigenvalue weighted by molar-refractivity contribution is -0.151. The largest absolute Gasteiger partial charge is 0.481 e. The van der Waals surface area contributed by atoms with Crippen molar-refractivity contribution in [2.75, 3.05) is 13.1 Å². The molecule has 0 spiro atoms. The van der Waals surface area contributed by atoms with Gasteiger partial charge in [0, 0.05) is 24.0 Å². The van der Waals surface area contributed by atoms with Gasteiger partial charge in [-0.25, -0.2) is 0 Å². The Balaban J connectivity index is 1.79. The monoisotopic (exact) mass is 307 g/mol. The molecule has 1 aliphatic carbocycles. The minimum atomic E-state index is -0.576. The quantitative estimate of drug-likeness (QED) is 0.855. The van der Waals surface area contributed by atoms with Crippen LogP contribution in [0.4, 0.5) is 0 Å². The molecule has 3 rings (SSSR count). The Labute approximate surface area is 131 Å². The van der Waals surface area contributed by atoms with Crippen molar-refractivity contribution < 1.29 is 9.90 Å². The van der Waals surface area contributed by atoms with Crippen LogP contribution in [0.2, 0.25) is 0 Å². The fourth-order valence-corrected chi connectivity index (χ4v) is 4.97. The molecule has 1 aromatic rings. The Morgan fingerprint density at radius 1 is 1.38 bits per heavy atom. The SMILES string of the molecule is CC1c2ccsc2CCN1CC1(C(=O)O)CCCCCC1. The number of aliphatic carboxylic acids is 1. The molecule has 0 bridgehead atoms. The van der Waals surface area contributed by atoms with E-state index >= 15 is 0 Å². The maximum atomic E-state index is 12.0. The van der Waals surface area contributed by atoms with Gasteiger partial charge in [-0.05, 0) is 43.2 Å². The van der Waals surface area contributed by atoms with Crippen LogP contribution in [-0.2, 0) is 11.2 Å². The first-order valence-corrected chi connectivity index (χ1v) is 9.04. The van der Waals surface area contributed by atoms with Crippen molar-refractivity contribution in [1.29, 1.82) is 0 Å². The van der Waals surface area contributed by atoms with Crippen LogP contribution in [-0.4, -0.2) is 29.1 Å². The third-order valence-corrected chi connectivity index (χ3v) is 6.42. The molecule has 1 N–H and O–H groups in total. The summed E-state index contributed by atoms with van der Waals surface area (Å²) in [5.41, 5.74) is 0.901. The van der Waals surface area contributed by atoms with E-state index in [4.69, 9.17) is 0 Å². The highest BCUT2D eigenvalue weighted by atomic mass is 32.1. The number of hydrogen-bond acceptors (Lipinski definition) is 3. The van der Waals surface area contributed by atoms with E-state index in [1.165, 1.54) is 23.3 Å². The average molecular weight is 307 g/mol. The summed E-state index contributed by atoms with van der Waals surface area (Å²) in [7, 11) is 0. The van der Waals surface area contributed by atoms with E-state index < -0.39 is 11.4 Å². The Kier molecular flexibility index (Phi) is 4.36. The Bertz CT molecular complexity index is 503. The molecule has 1 unspecified atom stereocenters. The maximum absolute atomic E-state index is 12.0. The van der Waals surface area contributed by atoms with E-state index in [-0.39, 0.29) is 0 Å². The lowest BCUT2D eigenvalue weighted by atomic mass is 9.79. The van der Waals surface area contributed by atoms with Crippen LogP contribution in [0.15, 0.2) is 11.4 Å². The normalized spacial score (nSPS) is 26.0. The highest BCUT2D eigenvalue weighted by Gasteiger charge is 2.41. The molecule has 4 heteroatoms. The molecule has 1 atom stereocenters. The number of carboxylic acids is 1. The van der Waals surface area contributed by atoms with E-state index in [0.29, 0.717) is 6.04 Å². The van der Waals surface area contributed by atoms with Crippen LogP contribution in [0.25, 0.3) is 0 Å². The summed E-state index contributed by atoms with van der Waals surface area (Å²) in [6.07, 6.45) is 7.30. The van der Waals surface area contributed by atoms with Gasteiger partial charge in [0.1, 0.15) is 0 Å². The topological polar surface area (TPSA) is 40.5 Å². The zero-order chi connectivity index (χ0) is 14.9. The number of hydrogen-bond donors (Lipinski definition) is 1. The third kappa shape index (κ3) is 2.88.